The molecule has 1 aliphatic carbocycles. The van der Waals surface area contributed by atoms with Crippen molar-refractivity contribution in [2.45, 2.75) is 29.3 Å². The Kier molecular flexibility index (Phi) is 4.41. The first-order chi connectivity index (χ1) is 8.56. The van der Waals surface area contributed by atoms with Crippen LogP contribution >= 0.6 is 23.1 Å². The van der Waals surface area contributed by atoms with Crippen LogP contribution in [0.15, 0.2) is 4.34 Å². The monoisotopic (exact) mass is 287 g/mol. The normalized spacial score (nSPS) is 16.6. The van der Waals surface area contributed by atoms with Gasteiger partial charge in [-0.05, 0) is 12.8 Å². The average molecular weight is 287 g/mol. The van der Waals surface area contributed by atoms with Crippen LogP contribution in [0.5, 0.6) is 0 Å². The molecule has 100 valence electrons. The summed E-state index contributed by atoms with van der Waals surface area (Å²) in [7, 11) is 3.85. The summed E-state index contributed by atoms with van der Waals surface area (Å²) in [6, 6.07) is 0.184. The summed E-state index contributed by atoms with van der Waals surface area (Å²) in [5.41, 5.74) is 5.37. The van der Waals surface area contributed by atoms with Crippen molar-refractivity contribution in [2.24, 2.45) is 5.73 Å². The summed E-state index contributed by atoms with van der Waals surface area (Å²) in [5, 5.41) is 12.2. The number of rotatable bonds is 7. The zero-order chi connectivity index (χ0) is 13.1. The fourth-order valence-corrected chi connectivity index (χ4v) is 3.18. The highest BCUT2D eigenvalue weighted by molar-refractivity contribution is 8.01. The molecule has 1 saturated carbocycles. The molecular weight excluding hydrogens is 270 g/mol. The van der Waals surface area contributed by atoms with Crippen LogP contribution in [0.25, 0.3) is 0 Å². The minimum atomic E-state index is -0.299. The molecule has 1 atom stereocenters. The lowest BCUT2D eigenvalue weighted by molar-refractivity contribution is -0.119. The Bertz CT molecular complexity index is 418. The molecule has 1 aromatic heterocycles. The maximum atomic E-state index is 11.3. The lowest BCUT2D eigenvalue weighted by Gasteiger charge is -2.13. The summed E-state index contributed by atoms with van der Waals surface area (Å²) in [6.07, 6.45) is 2.27. The Morgan fingerprint density at radius 2 is 2.33 bits per heavy atom. The second-order valence-electron chi connectivity index (χ2n) is 4.45. The van der Waals surface area contributed by atoms with E-state index in [1.54, 1.807) is 0 Å². The molecule has 2 rings (SSSR count). The fraction of sp³-hybridized carbons (Fsp3) is 0.700. The van der Waals surface area contributed by atoms with E-state index in [4.69, 9.17) is 5.73 Å². The number of nitrogens with zero attached hydrogens (tertiary/aromatic N) is 3. The SMILES string of the molecule is CN(C)c1nnc(SCC(NC2CC2)C(N)=O)s1. The highest BCUT2D eigenvalue weighted by atomic mass is 32.2. The van der Waals surface area contributed by atoms with Gasteiger partial charge in [0.25, 0.3) is 0 Å². The lowest BCUT2D eigenvalue weighted by Crippen LogP contribution is -2.44. The third-order valence-corrected chi connectivity index (χ3v) is 4.83. The van der Waals surface area contributed by atoms with E-state index in [9.17, 15) is 4.79 Å². The van der Waals surface area contributed by atoms with Crippen LogP contribution in [0.3, 0.4) is 0 Å². The summed E-state index contributed by atoms with van der Waals surface area (Å²) in [6.45, 7) is 0. The molecule has 1 aliphatic rings. The van der Waals surface area contributed by atoms with Gasteiger partial charge in [0.05, 0.1) is 6.04 Å². The topological polar surface area (TPSA) is 84.1 Å². The summed E-state index contributed by atoms with van der Waals surface area (Å²) < 4.78 is 0.863. The van der Waals surface area contributed by atoms with Gasteiger partial charge in [0, 0.05) is 25.9 Å². The van der Waals surface area contributed by atoms with Crippen molar-refractivity contribution in [3.8, 4) is 0 Å². The molecule has 8 heteroatoms. The van der Waals surface area contributed by atoms with Gasteiger partial charge in [0.1, 0.15) is 0 Å². The predicted molar refractivity (Wildman–Crippen MR) is 74.1 cm³/mol. The largest absolute Gasteiger partial charge is 0.368 e. The molecule has 0 radical (unpaired) electrons. The van der Waals surface area contributed by atoms with Gasteiger partial charge in [-0.1, -0.05) is 23.1 Å². The number of amides is 1. The van der Waals surface area contributed by atoms with E-state index in [0.717, 1.165) is 22.3 Å². The molecule has 1 fully saturated rings. The Hall–Kier alpha value is -0.860. The number of nitrogens with one attached hydrogen (secondary N) is 1. The van der Waals surface area contributed by atoms with Gasteiger partial charge in [-0.15, -0.1) is 10.2 Å². The van der Waals surface area contributed by atoms with Crippen molar-refractivity contribution in [1.82, 2.24) is 15.5 Å². The maximum Gasteiger partial charge on any atom is 0.235 e. The number of carbonyl (C=O) groups is 1. The standard InChI is InChI=1S/C10H17N5OS2/c1-15(2)9-13-14-10(18-9)17-5-7(8(11)16)12-6-3-4-6/h6-7,12H,3-5H2,1-2H3,(H2,11,16). The molecule has 0 saturated heterocycles. The van der Waals surface area contributed by atoms with Crippen molar-refractivity contribution in [1.29, 1.82) is 0 Å². The van der Waals surface area contributed by atoms with E-state index < -0.39 is 0 Å². The molecule has 1 unspecified atom stereocenters. The number of anilines is 1. The fourth-order valence-electron chi connectivity index (χ4n) is 1.34. The molecule has 6 nitrogen and oxygen atoms in total. The van der Waals surface area contributed by atoms with Crippen molar-refractivity contribution in [3.63, 3.8) is 0 Å². The minimum absolute atomic E-state index is 0.283. The van der Waals surface area contributed by atoms with Crippen LogP contribution in [0.2, 0.25) is 0 Å². The van der Waals surface area contributed by atoms with Crippen molar-refractivity contribution in [3.05, 3.63) is 0 Å². The number of nitrogens with two attached hydrogens (primary N) is 1. The van der Waals surface area contributed by atoms with Crippen LogP contribution in [0.1, 0.15) is 12.8 Å². The van der Waals surface area contributed by atoms with Gasteiger partial charge in [-0.25, -0.2) is 0 Å². The molecule has 1 amide bonds. The molecule has 18 heavy (non-hydrogen) atoms. The van der Waals surface area contributed by atoms with E-state index in [0.29, 0.717) is 11.8 Å². The smallest absolute Gasteiger partial charge is 0.235 e. The van der Waals surface area contributed by atoms with E-state index in [1.807, 2.05) is 19.0 Å². The van der Waals surface area contributed by atoms with Crippen molar-refractivity contribution < 1.29 is 4.79 Å². The molecule has 0 aromatic carbocycles. The zero-order valence-electron chi connectivity index (χ0n) is 10.4. The van der Waals surface area contributed by atoms with Gasteiger partial charge in [-0.3, -0.25) is 4.79 Å². The lowest BCUT2D eigenvalue weighted by atomic mass is 10.3. The number of hydrogen-bond donors (Lipinski definition) is 2. The number of aromatic nitrogens is 2. The van der Waals surface area contributed by atoms with E-state index in [2.05, 4.69) is 15.5 Å². The Morgan fingerprint density at radius 1 is 1.61 bits per heavy atom. The quantitative estimate of drug-likeness (QED) is 0.702. The van der Waals surface area contributed by atoms with Gasteiger partial charge in [0.2, 0.25) is 11.0 Å². The number of thioether (sulfide) groups is 1. The highest BCUT2D eigenvalue weighted by Crippen LogP contribution is 2.28. The second-order valence-corrected chi connectivity index (χ2v) is 6.67. The van der Waals surface area contributed by atoms with Crippen molar-refractivity contribution in [2.75, 3.05) is 24.7 Å². The molecule has 0 bridgehead atoms. The average Bonchev–Trinajstić information content (AvgIpc) is 2.99. The summed E-state index contributed by atoms with van der Waals surface area (Å²) in [4.78, 5) is 13.2. The number of carbonyl (C=O) groups excluding carboxylic acids is 1. The minimum Gasteiger partial charge on any atom is -0.368 e. The summed E-state index contributed by atoms with van der Waals surface area (Å²) in [5.74, 6) is 0.306. The number of hydrogen-bond acceptors (Lipinski definition) is 7. The molecule has 3 N–H and O–H groups in total. The first kappa shape index (κ1) is 13.6. The maximum absolute atomic E-state index is 11.3. The van der Waals surface area contributed by atoms with Crippen LogP contribution in [0, 0.1) is 0 Å². The second kappa shape index (κ2) is 5.85. The Morgan fingerprint density at radius 3 is 2.83 bits per heavy atom. The molecule has 0 spiro atoms. The Balaban J connectivity index is 1.85. The first-order valence-electron chi connectivity index (χ1n) is 5.75. The molecule has 0 aliphatic heterocycles. The highest BCUT2D eigenvalue weighted by Gasteiger charge is 2.27. The molecule has 1 aromatic rings. The number of primary amides is 1. The van der Waals surface area contributed by atoms with E-state index >= 15 is 0 Å². The first-order valence-corrected chi connectivity index (χ1v) is 7.55. The predicted octanol–water partition coefficient (Wildman–Crippen LogP) is 0.302. The molecule has 1 heterocycles. The third kappa shape index (κ3) is 3.82. The van der Waals surface area contributed by atoms with Crippen molar-refractivity contribution >= 4 is 34.1 Å². The van der Waals surface area contributed by atoms with Crippen LogP contribution in [0.4, 0.5) is 5.13 Å². The van der Waals surface area contributed by atoms with E-state index in [-0.39, 0.29) is 11.9 Å². The third-order valence-electron chi connectivity index (χ3n) is 2.51. The van der Waals surface area contributed by atoms with Gasteiger partial charge < -0.3 is 16.0 Å². The summed E-state index contributed by atoms with van der Waals surface area (Å²) >= 11 is 3.04. The van der Waals surface area contributed by atoms with Crippen LogP contribution in [-0.4, -0.2) is 48.0 Å². The van der Waals surface area contributed by atoms with Gasteiger partial charge in [0.15, 0.2) is 4.34 Å². The van der Waals surface area contributed by atoms with Gasteiger partial charge in [-0.2, -0.15) is 0 Å². The zero-order valence-corrected chi connectivity index (χ0v) is 12.1. The molecular formula is C10H17N5OS2. The van der Waals surface area contributed by atoms with Crippen LogP contribution < -0.4 is 16.0 Å². The van der Waals surface area contributed by atoms with E-state index in [1.165, 1.54) is 23.1 Å². The Labute approximate surface area is 114 Å². The van der Waals surface area contributed by atoms with Crippen LogP contribution in [-0.2, 0) is 4.79 Å². The van der Waals surface area contributed by atoms with Gasteiger partial charge >= 0.3 is 0 Å².